The molecular weight excluding hydrogens is 178 g/mol. The van der Waals surface area contributed by atoms with Crippen molar-refractivity contribution < 1.29 is 4.74 Å². The highest BCUT2D eigenvalue weighted by atomic mass is 16.5. The number of anilines is 1. The van der Waals surface area contributed by atoms with Crippen LogP contribution >= 0.6 is 0 Å². The van der Waals surface area contributed by atoms with Gasteiger partial charge in [0.1, 0.15) is 5.82 Å². The Kier molecular flexibility index (Phi) is 4.47. The fourth-order valence-corrected chi connectivity index (χ4v) is 0.931. The average molecular weight is 193 g/mol. The Morgan fingerprint density at radius 2 is 2.43 bits per heavy atom. The monoisotopic (exact) mass is 193 g/mol. The van der Waals surface area contributed by atoms with Crippen LogP contribution in [-0.4, -0.2) is 23.1 Å². The third-order valence-corrected chi connectivity index (χ3v) is 1.54. The molecule has 0 unspecified atom stereocenters. The van der Waals surface area contributed by atoms with E-state index in [4.69, 9.17) is 4.74 Å². The molecule has 76 valence electrons. The molecule has 0 bridgehead atoms. The predicted octanol–water partition coefficient (Wildman–Crippen LogP) is 1.86. The Morgan fingerprint density at radius 1 is 1.57 bits per heavy atom. The topological polar surface area (TPSA) is 47.0 Å². The molecule has 0 spiro atoms. The fourth-order valence-electron chi connectivity index (χ4n) is 0.931. The van der Waals surface area contributed by atoms with Crippen molar-refractivity contribution in [1.29, 1.82) is 0 Å². The zero-order valence-corrected chi connectivity index (χ0v) is 8.36. The van der Waals surface area contributed by atoms with Gasteiger partial charge in [-0.3, -0.25) is 4.98 Å². The van der Waals surface area contributed by atoms with Crippen molar-refractivity contribution in [1.82, 2.24) is 9.97 Å². The second kappa shape index (κ2) is 5.96. The summed E-state index contributed by atoms with van der Waals surface area (Å²) < 4.78 is 5.35. The summed E-state index contributed by atoms with van der Waals surface area (Å²) >= 11 is 0. The molecule has 4 heteroatoms. The van der Waals surface area contributed by atoms with Crippen LogP contribution in [-0.2, 0) is 0 Å². The minimum atomic E-state index is 0.547. The first-order valence-electron chi connectivity index (χ1n) is 4.66. The van der Waals surface area contributed by atoms with E-state index in [1.165, 1.54) is 0 Å². The lowest BCUT2D eigenvalue weighted by molar-refractivity contribution is 0.311. The van der Waals surface area contributed by atoms with E-state index in [1.54, 1.807) is 12.4 Å². The lowest BCUT2D eigenvalue weighted by atomic mass is 10.5. The molecule has 1 heterocycles. The molecule has 1 N–H and O–H groups in total. The highest BCUT2D eigenvalue weighted by molar-refractivity contribution is 5.32. The molecule has 1 aromatic rings. The maximum absolute atomic E-state index is 5.35. The lowest BCUT2D eigenvalue weighted by Crippen LogP contribution is -2.03. The van der Waals surface area contributed by atoms with Crippen molar-refractivity contribution >= 4 is 5.82 Å². The van der Waals surface area contributed by atoms with E-state index < -0.39 is 0 Å². The van der Waals surface area contributed by atoms with E-state index in [0.717, 1.165) is 18.8 Å². The SMILES string of the molecule is C=CCCOc1cncc(NCC)n1. The molecule has 0 aliphatic rings. The molecule has 0 atom stereocenters. The Morgan fingerprint density at radius 3 is 3.14 bits per heavy atom. The van der Waals surface area contributed by atoms with Gasteiger partial charge in [0.15, 0.2) is 0 Å². The van der Waals surface area contributed by atoms with E-state index in [2.05, 4.69) is 21.9 Å². The number of nitrogens with zero attached hydrogens (tertiary/aromatic N) is 2. The molecule has 0 aliphatic heterocycles. The van der Waals surface area contributed by atoms with Gasteiger partial charge in [-0.15, -0.1) is 6.58 Å². The predicted molar refractivity (Wildman–Crippen MR) is 56.5 cm³/mol. The van der Waals surface area contributed by atoms with Crippen LogP contribution in [0.1, 0.15) is 13.3 Å². The standard InChI is InChI=1S/C10H15N3O/c1-3-5-6-14-10-8-11-7-9(13-10)12-4-2/h3,7-8H,1,4-6H2,2H3,(H,12,13). The number of hydrogen-bond donors (Lipinski definition) is 1. The van der Waals surface area contributed by atoms with Crippen molar-refractivity contribution in [3.63, 3.8) is 0 Å². The molecule has 0 saturated heterocycles. The van der Waals surface area contributed by atoms with Crippen LogP contribution < -0.4 is 10.1 Å². The van der Waals surface area contributed by atoms with Gasteiger partial charge >= 0.3 is 0 Å². The smallest absolute Gasteiger partial charge is 0.234 e. The number of hydrogen-bond acceptors (Lipinski definition) is 4. The van der Waals surface area contributed by atoms with E-state index in [0.29, 0.717) is 12.5 Å². The maximum Gasteiger partial charge on any atom is 0.234 e. The summed E-state index contributed by atoms with van der Waals surface area (Å²) in [6.07, 6.45) is 5.89. The summed E-state index contributed by atoms with van der Waals surface area (Å²) in [6.45, 7) is 7.03. The van der Waals surface area contributed by atoms with Crippen molar-refractivity contribution in [3.05, 3.63) is 25.0 Å². The van der Waals surface area contributed by atoms with Gasteiger partial charge in [-0.2, -0.15) is 4.98 Å². The average Bonchev–Trinajstić information content (AvgIpc) is 2.19. The van der Waals surface area contributed by atoms with Crippen LogP contribution in [0.25, 0.3) is 0 Å². The Bertz CT molecular complexity index is 288. The van der Waals surface area contributed by atoms with Crippen molar-refractivity contribution in [2.75, 3.05) is 18.5 Å². The third kappa shape index (κ3) is 3.43. The van der Waals surface area contributed by atoms with Gasteiger partial charge < -0.3 is 10.1 Å². The summed E-state index contributed by atoms with van der Waals surface area (Å²) in [5.41, 5.74) is 0. The van der Waals surface area contributed by atoms with Crippen molar-refractivity contribution in [3.8, 4) is 5.88 Å². The van der Waals surface area contributed by atoms with Gasteiger partial charge in [0, 0.05) is 6.54 Å². The molecule has 0 amide bonds. The number of nitrogens with one attached hydrogen (secondary N) is 1. The molecule has 14 heavy (non-hydrogen) atoms. The van der Waals surface area contributed by atoms with Gasteiger partial charge in [0.2, 0.25) is 5.88 Å². The summed E-state index contributed by atoms with van der Waals surface area (Å²) in [6, 6.07) is 0. The molecule has 0 aromatic carbocycles. The molecule has 0 fully saturated rings. The minimum Gasteiger partial charge on any atom is -0.476 e. The maximum atomic E-state index is 5.35. The Hall–Kier alpha value is -1.58. The Labute approximate surface area is 84.0 Å². The third-order valence-electron chi connectivity index (χ3n) is 1.54. The number of rotatable bonds is 6. The van der Waals surface area contributed by atoms with Gasteiger partial charge in [-0.05, 0) is 13.3 Å². The summed E-state index contributed by atoms with van der Waals surface area (Å²) in [7, 11) is 0. The van der Waals surface area contributed by atoms with Crippen molar-refractivity contribution in [2.24, 2.45) is 0 Å². The van der Waals surface area contributed by atoms with Crippen molar-refractivity contribution in [2.45, 2.75) is 13.3 Å². The Balaban J connectivity index is 2.50. The first-order chi connectivity index (χ1) is 6.86. The molecule has 1 aromatic heterocycles. The number of aromatic nitrogens is 2. The van der Waals surface area contributed by atoms with Crippen LogP contribution in [0.5, 0.6) is 5.88 Å². The summed E-state index contributed by atoms with van der Waals surface area (Å²) in [5, 5.41) is 3.06. The van der Waals surface area contributed by atoms with Gasteiger partial charge in [-0.25, -0.2) is 0 Å². The van der Waals surface area contributed by atoms with Crippen LogP contribution in [0.15, 0.2) is 25.0 Å². The molecule has 1 rings (SSSR count). The molecule has 0 aliphatic carbocycles. The fraction of sp³-hybridized carbons (Fsp3) is 0.400. The zero-order valence-electron chi connectivity index (χ0n) is 8.36. The zero-order chi connectivity index (χ0) is 10.2. The molecule has 4 nitrogen and oxygen atoms in total. The van der Waals surface area contributed by atoms with Gasteiger partial charge in [0.05, 0.1) is 19.0 Å². The highest BCUT2D eigenvalue weighted by Crippen LogP contribution is 2.08. The van der Waals surface area contributed by atoms with Gasteiger partial charge in [-0.1, -0.05) is 6.08 Å². The molecule has 0 saturated carbocycles. The summed E-state index contributed by atoms with van der Waals surface area (Å²) in [5.74, 6) is 1.29. The normalized spacial score (nSPS) is 9.50. The molecule has 0 radical (unpaired) electrons. The summed E-state index contributed by atoms with van der Waals surface area (Å²) in [4.78, 5) is 8.21. The second-order valence-corrected chi connectivity index (χ2v) is 2.70. The van der Waals surface area contributed by atoms with Crippen LogP contribution in [0, 0.1) is 0 Å². The lowest BCUT2D eigenvalue weighted by Gasteiger charge is -2.05. The minimum absolute atomic E-state index is 0.547. The van der Waals surface area contributed by atoms with Gasteiger partial charge in [0.25, 0.3) is 0 Å². The second-order valence-electron chi connectivity index (χ2n) is 2.70. The van der Waals surface area contributed by atoms with E-state index in [9.17, 15) is 0 Å². The van der Waals surface area contributed by atoms with E-state index >= 15 is 0 Å². The van der Waals surface area contributed by atoms with Crippen LogP contribution in [0.4, 0.5) is 5.82 Å². The first-order valence-corrected chi connectivity index (χ1v) is 4.66. The molecular formula is C10H15N3O. The van der Waals surface area contributed by atoms with E-state index in [1.807, 2.05) is 13.0 Å². The van der Waals surface area contributed by atoms with Crippen LogP contribution in [0.2, 0.25) is 0 Å². The first kappa shape index (κ1) is 10.5. The highest BCUT2D eigenvalue weighted by Gasteiger charge is 1.97. The number of ether oxygens (including phenoxy) is 1. The largest absolute Gasteiger partial charge is 0.476 e. The van der Waals surface area contributed by atoms with E-state index in [-0.39, 0.29) is 0 Å². The van der Waals surface area contributed by atoms with Crippen LogP contribution in [0.3, 0.4) is 0 Å². The quantitative estimate of drug-likeness (QED) is 0.553.